The number of alkyl halides is 1. The molecule has 2 aromatic rings. The summed E-state index contributed by atoms with van der Waals surface area (Å²) in [4.78, 5) is 0. The predicted molar refractivity (Wildman–Crippen MR) is 93.4 cm³/mol. The molecule has 0 aliphatic rings. The molecule has 0 saturated heterocycles. The molecule has 0 aromatic heterocycles. The van der Waals surface area contributed by atoms with Crippen molar-refractivity contribution in [2.75, 3.05) is 11.9 Å². The quantitative estimate of drug-likeness (QED) is 0.435. The molecule has 0 fully saturated rings. The van der Waals surface area contributed by atoms with Crippen molar-refractivity contribution in [3.63, 3.8) is 0 Å². The molecule has 2 rings (SSSR count). The molecule has 0 radical (unpaired) electrons. The van der Waals surface area contributed by atoms with Gasteiger partial charge in [0.05, 0.1) is 6.61 Å². The van der Waals surface area contributed by atoms with Crippen molar-refractivity contribution in [1.82, 2.24) is 0 Å². The standard InChI is InChI=1S/C19H23BrO/c20-15-6-16-21-19-13-11-18(12-14-19)10-5-4-9-17-7-2-1-3-8-17/h1-3,7-8,11-14H,4-6,9-10,15-16H2. The molecular weight excluding hydrogens is 324 g/mol. The number of rotatable bonds is 9. The molecule has 0 bridgehead atoms. The highest BCUT2D eigenvalue weighted by Gasteiger charge is 1.97. The molecule has 1 nitrogen and oxygen atoms in total. The Balaban J connectivity index is 1.66. The highest BCUT2D eigenvalue weighted by Crippen LogP contribution is 2.15. The van der Waals surface area contributed by atoms with Gasteiger partial charge in [0.1, 0.15) is 5.75 Å². The second kappa shape index (κ2) is 9.62. The van der Waals surface area contributed by atoms with Gasteiger partial charge >= 0.3 is 0 Å². The van der Waals surface area contributed by atoms with Gasteiger partial charge in [-0.05, 0) is 55.4 Å². The van der Waals surface area contributed by atoms with Crippen LogP contribution in [0.15, 0.2) is 54.6 Å². The minimum Gasteiger partial charge on any atom is -0.494 e. The van der Waals surface area contributed by atoms with Crippen LogP contribution in [0, 0.1) is 0 Å². The number of unbranched alkanes of at least 4 members (excludes halogenated alkanes) is 1. The Kier molecular flexibility index (Phi) is 7.37. The van der Waals surface area contributed by atoms with Crippen LogP contribution < -0.4 is 4.74 Å². The van der Waals surface area contributed by atoms with Crippen molar-refractivity contribution in [2.45, 2.75) is 32.1 Å². The van der Waals surface area contributed by atoms with Crippen LogP contribution >= 0.6 is 15.9 Å². The zero-order valence-electron chi connectivity index (χ0n) is 12.4. The number of benzene rings is 2. The minimum absolute atomic E-state index is 0.779. The lowest BCUT2D eigenvalue weighted by molar-refractivity contribution is 0.319. The van der Waals surface area contributed by atoms with E-state index in [0.717, 1.165) is 30.5 Å². The molecule has 0 spiro atoms. The van der Waals surface area contributed by atoms with E-state index in [-0.39, 0.29) is 0 Å². The van der Waals surface area contributed by atoms with Crippen LogP contribution in [0.3, 0.4) is 0 Å². The molecule has 2 heteroatoms. The third-order valence-corrected chi connectivity index (χ3v) is 4.05. The van der Waals surface area contributed by atoms with E-state index in [4.69, 9.17) is 4.74 Å². The number of hydrogen-bond acceptors (Lipinski definition) is 1. The summed E-state index contributed by atoms with van der Waals surface area (Å²) in [5, 5.41) is 0.993. The summed E-state index contributed by atoms with van der Waals surface area (Å²) in [6.45, 7) is 0.779. The van der Waals surface area contributed by atoms with E-state index in [9.17, 15) is 0 Å². The van der Waals surface area contributed by atoms with E-state index >= 15 is 0 Å². The lowest BCUT2D eigenvalue weighted by atomic mass is 10.0. The highest BCUT2D eigenvalue weighted by atomic mass is 79.9. The van der Waals surface area contributed by atoms with Crippen molar-refractivity contribution in [1.29, 1.82) is 0 Å². The average molecular weight is 347 g/mol. The summed E-state index contributed by atoms with van der Waals surface area (Å²) in [5.74, 6) is 0.976. The molecule has 0 N–H and O–H groups in total. The molecule has 0 aliphatic heterocycles. The Morgan fingerprint density at radius 3 is 1.95 bits per heavy atom. The first-order valence-corrected chi connectivity index (χ1v) is 8.82. The fourth-order valence-electron chi connectivity index (χ4n) is 2.30. The predicted octanol–water partition coefficient (Wildman–Crippen LogP) is 5.42. The molecule has 112 valence electrons. The molecular formula is C19H23BrO. The molecule has 0 atom stereocenters. The molecule has 0 unspecified atom stereocenters. The normalized spacial score (nSPS) is 10.5. The zero-order chi connectivity index (χ0) is 14.8. The minimum atomic E-state index is 0.779. The second-order valence-corrected chi connectivity index (χ2v) is 6.02. The highest BCUT2D eigenvalue weighted by molar-refractivity contribution is 9.09. The Morgan fingerprint density at radius 1 is 0.714 bits per heavy atom. The number of aryl methyl sites for hydroxylation is 2. The van der Waals surface area contributed by atoms with Crippen molar-refractivity contribution in [3.8, 4) is 5.75 Å². The van der Waals surface area contributed by atoms with Gasteiger partial charge in [0.15, 0.2) is 0 Å². The van der Waals surface area contributed by atoms with E-state index in [1.165, 1.54) is 30.4 Å². The smallest absolute Gasteiger partial charge is 0.119 e. The van der Waals surface area contributed by atoms with E-state index < -0.39 is 0 Å². The molecule has 21 heavy (non-hydrogen) atoms. The summed E-state index contributed by atoms with van der Waals surface area (Å²) >= 11 is 3.41. The third kappa shape index (κ3) is 6.34. The Bertz CT molecular complexity index is 493. The topological polar surface area (TPSA) is 9.23 Å². The molecule has 0 saturated carbocycles. The lowest BCUT2D eigenvalue weighted by Crippen LogP contribution is -1.97. The fourth-order valence-corrected chi connectivity index (χ4v) is 2.53. The molecule has 2 aromatic carbocycles. The van der Waals surface area contributed by atoms with Crippen LogP contribution in [0.5, 0.6) is 5.75 Å². The summed E-state index contributed by atoms with van der Waals surface area (Å²) in [7, 11) is 0. The lowest BCUT2D eigenvalue weighted by Gasteiger charge is -2.06. The fraction of sp³-hybridized carbons (Fsp3) is 0.368. The first-order chi connectivity index (χ1) is 10.4. The van der Waals surface area contributed by atoms with Crippen molar-refractivity contribution in [2.24, 2.45) is 0 Å². The summed E-state index contributed by atoms with van der Waals surface area (Å²) < 4.78 is 5.65. The Morgan fingerprint density at radius 2 is 1.33 bits per heavy atom. The van der Waals surface area contributed by atoms with Crippen LogP contribution in [0.25, 0.3) is 0 Å². The summed E-state index contributed by atoms with van der Waals surface area (Å²) in [6, 6.07) is 19.3. The first-order valence-electron chi connectivity index (χ1n) is 7.70. The number of ether oxygens (including phenoxy) is 1. The maximum absolute atomic E-state index is 5.65. The van der Waals surface area contributed by atoms with Crippen molar-refractivity contribution >= 4 is 15.9 Å². The van der Waals surface area contributed by atoms with Crippen LogP contribution in [0.2, 0.25) is 0 Å². The van der Waals surface area contributed by atoms with E-state index in [0.29, 0.717) is 0 Å². The summed E-state index contributed by atoms with van der Waals surface area (Å²) in [5.41, 5.74) is 2.84. The van der Waals surface area contributed by atoms with Crippen LogP contribution in [-0.4, -0.2) is 11.9 Å². The van der Waals surface area contributed by atoms with Crippen molar-refractivity contribution < 1.29 is 4.74 Å². The van der Waals surface area contributed by atoms with Gasteiger partial charge in [0.25, 0.3) is 0 Å². The van der Waals surface area contributed by atoms with Gasteiger partial charge in [-0.15, -0.1) is 0 Å². The SMILES string of the molecule is BrCCCOc1ccc(CCCCc2ccccc2)cc1. The van der Waals surface area contributed by atoms with Gasteiger partial charge in [-0.3, -0.25) is 0 Å². The average Bonchev–Trinajstić information content (AvgIpc) is 2.54. The van der Waals surface area contributed by atoms with Gasteiger partial charge in [0, 0.05) is 5.33 Å². The first kappa shape index (κ1) is 16.1. The van der Waals surface area contributed by atoms with Crippen LogP contribution in [-0.2, 0) is 12.8 Å². The largest absolute Gasteiger partial charge is 0.494 e. The molecule has 0 amide bonds. The van der Waals surface area contributed by atoms with Crippen LogP contribution in [0.1, 0.15) is 30.4 Å². The third-order valence-electron chi connectivity index (χ3n) is 3.49. The second-order valence-electron chi connectivity index (χ2n) is 5.23. The summed E-state index contributed by atoms with van der Waals surface area (Å²) in [6.07, 6.45) is 5.84. The van der Waals surface area contributed by atoms with E-state index in [1.54, 1.807) is 0 Å². The maximum atomic E-state index is 5.65. The van der Waals surface area contributed by atoms with E-state index in [1.807, 2.05) is 0 Å². The van der Waals surface area contributed by atoms with Gasteiger partial charge in [-0.1, -0.05) is 58.4 Å². The van der Waals surface area contributed by atoms with E-state index in [2.05, 4.69) is 70.5 Å². The number of halogens is 1. The van der Waals surface area contributed by atoms with Gasteiger partial charge in [-0.2, -0.15) is 0 Å². The maximum Gasteiger partial charge on any atom is 0.119 e. The monoisotopic (exact) mass is 346 g/mol. The zero-order valence-corrected chi connectivity index (χ0v) is 14.0. The Hall–Kier alpha value is -1.28. The van der Waals surface area contributed by atoms with Gasteiger partial charge < -0.3 is 4.74 Å². The van der Waals surface area contributed by atoms with Crippen LogP contribution in [0.4, 0.5) is 0 Å². The van der Waals surface area contributed by atoms with Gasteiger partial charge in [-0.25, -0.2) is 0 Å². The molecule has 0 aliphatic carbocycles. The van der Waals surface area contributed by atoms with Gasteiger partial charge in [0.2, 0.25) is 0 Å². The Labute approximate surface area is 136 Å². The number of hydrogen-bond donors (Lipinski definition) is 0. The molecule has 0 heterocycles. The van der Waals surface area contributed by atoms with Crippen molar-refractivity contribution in [3.05, 3.63) is 65.7 Å².